The number of rotatable bonds is 4. The standard InChI is InChI=1S/C16H12FNO4/c17-11-4-1-10(2-5-11)3-8-15(20)18-12-6-7-13(16(21)22)14(19)9-12/h1-9,19H,(H,18,20)(H,21,22)/b8-3+. The molecule has 2 rings (SSSR count). The number of carbonyl (C=O) groups excluding carboxylic acids is 1. The second-order valence-corrected chi connectivity index (χ2v) is 4.41. The van der Waals surface area contributed by atoms with Crippen LogP contribution in [0.5, 0.6) is 5.75 Å². The van der Waals surface area contributed by atoms with Crippen LogP contribution in [0, 0.1) is 5.82 Å². The summed E-state index contributed by atoms with van der Waals surface area (Å²) in [6.45, 7) is 0. The number of aromatic hydroxyl groups is 1. The molecule has 0 bridgehead atoms. The molecule has 0 saturated carbocycles. The maximum Gasteiger partial charge on any atom is 0.339 e. The minimum atomic E-state index is -1.26. The molecule has 0 heterocycles. The van der Waals surface area contributed by atoms with Gasteiger partial charge in [-0.25, -0.2) is 9.18 Å². The van der Waals surface area contributed by atoms with Crippen molar-refractivity contribution in [2.24, 2.45) is 0 Å². The first kappa shape index (κ1) is 15.2. The highest BCUT2D eigenvalue weighted by atomic mass is 19.1. The van der Waals surface area contributed by atoms with Gasteiger partial charge < -0.3 is 15.5 Å². The van der Waals surface area contributed by atoms with Gasteiger partial charge in [0.1, 0.15) is 17.1 Å². The lowest BCUT2D eigenvalue weighted by molar-refractivity contribution is -0.111. The van der Waals surface area contributed by atoms with Gasteiger partial charge in [-0.3, -0.25) is 4.79 Å². The van der Waals surface area contributed by atoms with E-state index < -0.39 is 17.6 Å². The molecule has 0 aliphatic heterocycles. The maximum absolute atomic E-state index is 12.7. The average Bonchev–Trinajstić information content (AvgIpc) is 2.46. The molecule has 5 nitrogen and oxygen atoms in total. The van der Waals surface area contributed by atoms with E-state index in [4.69, 9.17) is 5.11 Å². The number of benzene rings is 2. The Morgan fingerprint density at radius 1 is 1.09 bits per heavy atom. The van der Waals surface area contributed by atoms with Crippen molar-refractivity contribution in [1.82, 2.24) is 0 Å². The third kappa shape index (κ3) is 3.92. The third-order valence-corrected chi connectivity index (χ3v) is 2.79. The SMILES string of the molecule is O=C(/C=C/c1ccc(F)cc1)Nc1ccc(C(=O)O)c(O)c1. The monoisotopic (exact) mass is 301 g/mol. The van der Waals surface area contributed by atoms with Crippen LogP contribution in [0.25, 0.3) is 6.08 Å². The van der Waals surface area contributed by atoms with Crippen LogP contribution >= 0.6 is 0 Å². The molecule has 2 aromatic rings. The van der Waals surface area contributed by atoms with E-state index in [9.17, 15) is 19.1 Å². The molecule has 112 valence electrons. The number of anilines is 1. The van der Waals surface area contributed by atoms with E-state index in [-0.39, 0.29) is 17.1 Å². The van der Waals surface area contributed by atoms with Gasteiger partial charge in [0.15, 0.2) is 0 Å². The van der Waals surface area contributed by atoms with Crippen LogP contribution < -0.4 is 5.32 Å². The molecule has 3 N–H and O–H groups in total. The molecule has 0 aliphatic rings. The lowest BCUT2D eigenvalue weighted by Gasteiger charge is -2.05. The molecule has 0 spiro atoms. The lowest BCUT2D eigenvalue weighted by atomic mass is 10.2. The highest BCUT2D eigenvalue weighted by Crippen LogP contribution is 2.21. The topological polar surface area (TPSA) is 86.6 Å². The zero-order valence-electron chi connectivity index (χ0n) is 11.3. The Kier molecular flexibility index (Phi) is 4.53. The predicted octanol–water partition coefficient (Wildman–Crippen LogP) is 2.88. The number of hydrogen-bond acceptors (Lipinski definition) is 3. The molecule has 0 atom stereocenters. The van der Waals surface area contributed by atoms with E-state index in [0.29, 0.717) is 5.56 Å². The highest BCUT2D eigenvalue weighted by molar-refractivity contribution is 6.02. The summed E-state index contributed by atoms with van der Waals surface area (Å²) in [5, 5.41) is 20.8. The highest BCUT2D eigenvalue weighted by Gasteiger charge is 2.10. The number of halogens is 1. The molecular weight excluding hydrogens is 289 g/mol. The fraction of sp³-hybridized carbons (Fsp3) is 0. The van der Waals surface area contributed by atoms with E-state index >= 15 is 0 Å². The fourth-order valence-corrected chi connectivity index (χ4v) is 1.72. The van der Waals surface area contributed by atoms with Crippen LogP contribution in [0.15, 0.2) is 48.5 Å². The molecule has 22 heavy (non-hydrogen) atoms. The molecule has 2 aromatic carbocycles. The van der Waals surface area contributed by atoms with Gasteiger partial charge >= 0.3 is 5.97 Å². The normalized spacial score (nSPS) is 10.6. The van der Waals surface area contributed by atoms with Crippen LogP contribution in [0.3, 0.4) is 0 Å². The molecule has 0 aliphatic carbocycles. The number of carboxylic acids is 1. The first-order chi connectivity index (χ1) is 10.5. The van der Waals surface area contributed by atoms with Gasteiger partial charge in [-0.15, -0.1) is 0 Å². The van der Waals surface area contributed by atoms with Crippen molar-refractivity contribution in [2.45, 2.75) is 0 Å². The fourth-order valence-electron chi connectivity index (χ4n) is 1.72. The average molecular weight is 301 g/mol. The second-order valence-electron chi connectivity index (χ2n) is 4.41. The Bertz CT molecular complexity index is 738. The van der Waals surface area contributed by atoms with Gasteiger partial charge in [0, 0.05) is 17.8 Å². The van der Waals surface area contributed by atoms with E-state index in [1.165, 1.54) is 48.6 Å². The van der Waals surface area contributed by atoms with Gasteiger partial charge in [0.05, 0.1) is 0 Å². The molecule has 0 saturated heterocycles. The second kappa shape index (κ2) is 6.53. The third-order valence-electron chi connectivity index (χ3n) is 2.79. The van der Waals surface area contributed by atoms with E-state index in [1.807, 2.05) is 0 Å². The lowest BCUT2D eigenvalue weighted by Crippen LogP contribution is -2.08. The van der Waals surface area contributed by atoms with Crippen molar-refractivity contribution in [1.29, 1.82) is 0 Å². The molecule has 0 fully saturated rings. The summed E-state index contributed by atoms with van der Waals surface area (Å²) in [4.78, 5) is 22.5. The molecule has 0 aromatic heterocycles. The predicted molar refractivity (Wildman–Crippen MR) is 79.1 cm³/mol. The van der Waals surface area contributed by atoms with Crippen molar-refractivity contribution in [3.05, 3.63) is 65.5 Å². The van der Waals surface area contributed by atoms with Gasteiger partial charge in [-0.1, -0.05) is 12.1 Å². The summed E-state index contributed by atoms with van der Waals surface area (Å²) in [5.74, 6) is -2.53. The number of amides is 1. The number of hydrogen-bond donors (Lipinski definition) is 3. The first-order valence-corrected chi connectivity index (χ1v) is 6.26. The zero-order valence-corrected chi connectivity index (χ0v) is 11.3. The first-order valence-electron chi connectivity index (χ1n) is 6.26. The molecule has 6 heteroatoms. The summed E-state index contributed by atoms with van der Waals surface area (Å²) >= 11 is 0. The number of aromatic carboxylic acids is 1. The Morgan fingerprint density at radius 3 is 2.36 bits per heavy atom. The van der Waals surface area contributed by atoms with Crippen molar-refractivity contribution in [3.8, 4) is 5.75 Å². The van der Waals surface area contributed by atoms with E-state index in [0.717, 1.165) is 6.07 Å². The van der Waals surface area contributed by atoms with Gasteiger partial charge in [0.25, 0.3) is 0 Å². The van der Waals surface area contributed by atoms with E-state index in [1.54, 1.807) is 0 Å². The van der Waals surface area contributed by atoms with Crippen LogP contribution in [-0.4, -0.2) is 22.1 Å². The maximum atomic E-state index is 12.7. The van der Waals surface area contributed by atoms with Crippen LogP contribution in [0.4, 0.5) is 10.1 Å². The van der Waals surface area contributed by atoms with Crippen molar-refractivity contribution < 1.29 is 24.2 Å². The molecule has 0 unspecified atom stereocenters. The summed E-state index contributed by atoms with van der Waals surface area (Å²) in [6, 6.07) is 9.30. The van der Waals surface area contributed by atoms with Gasteiger partial charge in [-0.05, 0) is 35.9 Å². The van der Waals surface area contributed by atoms with Crippen LogP contribution in [0.2, 0.25) is 0 Å². The number of phenols is 1. The molecule has 0 radical (unpaired) electrons. The van der Waals surface area contributed by atoms with Gasteiger partial charge in [-0.2, -0.15) is 0 Å². The molecular formula is C16H12FNO4. The van der Waals surface area contributed by atoms with Crippen molar-refractivity contribution in [2.75, 3.05) is 5.32 Å². The largest absolute Gasteiger partial charge is 0.507 e. The molecule has 1 amide bonds. The van der Waals surface area contributed by atoms with Crippen LogP contribution in [0.1, 0.15) is 15.9 Å². The van der Waals surface area contributed by atoms with Gasteiger partial charge in [0.2, 0.25) is 5.91 Å². The number of carboxylic acid groups (broad SMARTS) is 1. The van der Waals surface area contributed by atoms with E-state index in [2.05, 4.69) is 5.32 Å². The Labute approximate surface area is 125 Å². The summed E-state index contributed by atoms with van der Waals surface area (Å²) in [5.41, 5.74) is 0.664. The minimum Gasteiger partial charge on any atom is -0.507 e. The summed E-state index contributed by atoms with van der Waals surface area (Å²) < 4.78 is 12.7. The Hall–Kier alpha value is -3.15. The number of nitrogens with one attached hydrogen (secondary N) is 1. The van der Waals surface area contributed by atoms with Crippen molar-refractivity contribution in [3.63, 3.8) is 0 Å². The Balaban J connectivity index is 2.04. The zero-order chi connectivity index (χ0) is 16.1. The minimum absolute atomic E-state index is 0.250. The van der Waals surface area contributed by atoms with Crippen LogP contribution in [-0.2, 0) is 4.79 Å². The summed E-state index contributed by atoms with van der Waals surface area (Å²) in [6.07, 6.45) is 2.75. The summed E-state index contributed by atoms with van der Waals surface area (Å²) in [7, 11) is 0. The van der Waals surface area contributed by atoms with Crippen molar-refractivity contribution >= 4 is 23.6 Å². The quantitative estimate of drug-likeness (QED) is 0.758. The number of carbonyl (C=O) groups is 2. The smallest absolute Gasteiger partial charge is 0.339 e. The Morgan fingerprint density at radius 2 is 1.77 bits per heavy atom.